The summed E-state index contributed by atoms with van der Waals surface area (Å²) in [5, 5.41) is 8.32. The molecule has 2 heterocycles. The molecule has 0 radical (unpaired) electrons. The number of anilines is 1. The number of thiophene rings is 1. The van der Waals surface area contributed by atoms with Crippen LogP contribution >= 0.6 is 23.6 Å². The lowest BCUT2D eigenvalue weighted by Gasteiger charge is -2.09. The van der Waals surface area contributed by atoms with Crippen molar-refractivity contribution < 1.29 is 9.21 Å². The number of fused-ring (bicyclic) bond motifs is 1. The van der Waals surface area contributed by atoms with E-state index in [1.54, 1.807) is 36.4 Å². The zero-order valence-corrected chi connectivity index (χ0v) is 12.8. The van der Waals surface area contributed by atoms with Gasteiger partial charge in [-0.2, -0.15) is 0 Å². The van der Waals surface area contributed by atoms with Crippen molar-refractivity contribution in [2.75, 3.05) is 5.32 Å². The third-order valence-corrected chi connectivity index (χ3v) is 3.92. The Morgan fingerprint density at radius 3 is 2.82 bits per heavy atom. The topological polar surface area (TPSA) is 71.3 Å². The van der Waals surface area contributed by atoms with Crippen LogP contribution in [0.5, 0.6) is 0 Å². The minimum atomic E-state index is -0.396. The molecule has 2 N–H and O–H groups in total. The molecule has 3 aromatic rings. The number of benzene rings is 1. The van der Waals surface area contributed by atoms with E-state index in [1.165, 1.54) is 17.4 Å². The lowest BCUT2D eigenvalue weighted by Crippen LogP contribution is -2.33. The number of hydrogen-bond donors (Lipinski definition) is 2. The molecule has 110 valence electrons. The summed E-state index contributed by atoms with van der Waals surface area (Å²) in [7, 11) is 0. The van der Waals surface area contributed by atoms with E-state index in [2.05, 4.69) is 10.6 Å². The first-order valence-corrected chi connectivity index (χ1v) is 7.60. The van der Waals surface area contributed by atoms with Gasteiger partial charge in [-0.3, -0.25) is 10.1 Å². The van der Waals surface area contributed by atoms with Gasteiger partial charge in [0.2, 0.25) is 0 Å². The van der Waals surface area contributed by atoms with E-state index in [-0.39, 0.29) is 11.0 Å². The summed E-state index contributed by atoms with van der Waals surface area (Å²) in [6.07, 6.45) is 0. The molecule has 0 fully saturated rings. The van der Waals surface area contributed by atoms with Crippen LogP contribution < -0.4 is 16.3 Å². The first-order valence-electron chi connectivity index (χ1n) is 6.31. The van der Waals surface area contributed by atoms with E-state index >= 15 is 0 Å². The van der Waals surface area contributed by atoms with Crippen molar-refractivity contribution in [1.29, 1.82) is 0 Å². The van der Waals surface area contributed by atoms with Gasteiger partial charge in [0.15, 0.2) is 5.11 Å². The van der Waals surface area contributed by atoms with E-state index < -0.39 is 5.63 Å². The average Bonchev–Trinajstić information content (AvgIpc) is 3.01. The molecule has 0 spiro atoms. The highest BCUT2D eigenvalue weighted by molar-refractivity contribution is 7.80. The molecule has 5 nitrogen and oxygen atoms in total. The van der Waals surface area contributed by atoms with E-state index in [4.69, 9.17) is 16.6 Å². The van der Waals surface area contributed by atoms with E-state index in [1.807, 2.05) is 5.38 Å². The number of carbonyl (C=O) groups is 1. The number of hydrogen-bond acceptors (Lipinski definition) is 5. The van der Waals surface area contributed by atoms with Gasteiger partial charge in [0.1, 0.15) is 5.58 Å². The van der Waals surface area contributed by atoms with E-state index in [0.717, 1.165) is 5.39 Å². The van der Waals surface area contributed by atoms with Gasteiger partial charge in [0.05, 0.1) is 4.88 Å². The van der Waals surface area contributed by atoms with Crippen molar-refractivity contribution >= 4 is 51.2 Å². The lowest BCUT2D eigenvalue weighted by atomic mass is 10.2. The Bertz CT molecular complexity index is 901. The summed E-state index contributed by atoms with van der Waals surface area (Å²) in [6.45, 7) is 0. The number of amides is 1. The zero-order chi connectivity index (χ0) is 15.5. The largest absolute Gasteiger partial charge is 0.423 e. The van der Waals surface area contributed by atoms with Gasteiger partial charge in [-0.1, -0.05) is 6.07 Å². The Balaban J connectivity index is 1.72. The maximum absolute atomic E-state index is 11.9. The smallest absolute Gasteiger partial charge is 0.336 e. The van der Waals surface area contributed by atoms with Crippen LogP contribution in [0.3, 0.4) is 0 Å². The molecule has 0 saturated heterocycles. The molecular formula is C15H10N2O3S2. The highest BCUT2D eigenvalue weighted by atomic mass is 32.1. The van der Waals surface area contributed by atoms with Crippen LogP contribution in [0.25, 0.3) is 11.0 Å². The second-order valence-corrected chi connectivity index (χ2v) is 5.75. The molecule has 7 heteroatoms. The molecule has 0 aliphatic rings. The summed E-state index contributed by atoms with van der Waals surface area (Å²) in [5.74, 6) is -0.251. The van der Waals surface area contributed by atoms with Crippen LogP contribution in [0.15, 0.2) is 57.1 Å². The minimum absolute atomic E-state index is 0.204. The summed E-state index contributed by atoms with van der Waals surface area (Å²) in [5.41, 5.74) is 0.788. The first kappa shape index (κ1) is 14.4. The maximum atomic E-state index is 11.9. The van der Waals surface area contributed by atoms with Crippen molar-refractivity contribution in [3.63, 3.8) is 0 Å². The first-order chi connectivity index (χ1) is 10.6. The Morgan fingerprint density at radius 1 is 1.18 bits per heavy atom. The van der Waals surface area contributed by atoms with Crippen LogP contribution in [-0.2, 0) is 0 Å². The molecule has 1 aromatic carbocycles. The predicted octanol–water partition coefficient (Wildman–Crippen LogP) is 2.98. The van der Waals surface area contributed by atoms with Gasteiger partial charge < -0.3 is 9.73 Å². The molecule has 3 rings (SSSR count). The molecule has 22 heavy (non-hydrogen) atoms. The van der Waals surface area contributed by atoms with Crippen molar-refractivity contribution in [1.82, 2.24) is 5.32 Å². The summed E-state index contributed by atoms with van der Waals surface area (Å²) < 4.78 is 5.05. The quantitative estimate of drug-likeness (QED) is 0.558. The number of nitrogens with one attached hydrogen (secondary N) is 2. The highest BCUT2D eigenvalue weighted by Crippen LogP contribution is 2.17. The second kappa shape index (κ2) is 6.08. The SMILES string of the molecule is O=C(NC(=S)Nc1ccc2oc(=O)ccc2c1)c1cccs1. The second-order valence-electron chi connectivity index (χ2n) is 4.39. The van der Waals surface area contributed by atoms with Gasteiger partial charge in [-0.15, -0.1) is 11.3 Å². The van der Waals surface area contributed by atoms with Gasteiger partial charge in [-0.25, -0.2) is 4.79 Å². The molecule has 0 saturated carbocycles. The molecule has 0 aliphatic carbocycles. The molecular weight excluding hydrogens is 320 g/mol. The Morgan fingerprint density at radius 2 is 2.05 bits per heavy atom. The molecule has 0 bridgehead atoms. The van der Waals surface area contributed by atoms with Gasteiger partial charge >= 0.3 is 5.63 Å². The fourth-order valence-electron chi connectivity index (χ4n) is 1.88. The van der Waals surface area contributed by atoms with Crippen LogP contribution in [-0.4, -0.2) is 11.0 Å². The Kier molecular flexibility index (Phi) is 3.99. The molecule has 1 amide bonds. The normalized spacial score (nSPS) is 10.4. The van der Waals surface area contributed by atoms with Gasteiger partial charge in [-0.05, 0) is 47.9 Å². The zero-order valence-electron chi connectivity index (χ0n) is 11.2. The average molecular weight is 330 g/mol. The molecule has 0 atom stereocenters. The number of carbonyl (C=O) groups excluding carboxylic acids is 1. The predicted molar refractivity (Wildman–Crippen MR) is 90.5 cm³/mol. The van der Waals surface area contributed by atoms with Crippen molar-refractivity contribution in [2.24, 2.45) is 0 Å². The van der Waals surface area contributed by atoms with Gasteiger partial charge in [0, 0.05) is 17.1 Å². The third kappa shape index (κ3) is 3.21. The van der Waals surface area contributed by atoms with Crippen LogP contribution in [0.1, 0.15) is 9.67 Å². The summed E-state index contributed by atoms with van der Waals surface area (Å²) in [4.78, 5) is 23.6. The third-order valence-electron chi connectivity index (χ3n) is 2.85. The van der Waals surface area contributed by atoms with Crippen molar-refractivity contribution in [3.8, 4) is 0 Å². The maximum Gasteiger partial charge on any atom is 0.336 e. The standard InChI is InChI=1S/C15H10N2O3S2/c18-13-6-3-9-8-10(4-5-11(9)20-13)16-15(21)17-14(19)12-2-1-7-22-12/h1-8H,(H2,16,17,19,21). The van der Waals surface area contributed by atoms with Gasteiger partial charge in [0.25, 0.3) is 5.91 Å². The fourth-order valence-corrected chi connectivity index (χ4v) is 2.71. The Labute approximate surface area is 134 Å². The van der Waals surface area contributed by atoms with Crippen molar-refractivity contribution in [3.05, 3.63) is 63.1 Å². The van der Waals surface area contributed by atoms with E-state index in [9.17, 15) is 9.59 Å². The highest BCUT2D eigenvalue weighted by Gasteiger charge is 2.09. The number of rotatable bonds is 2. The Hall–Kier alpha value is -2.51. The summed E-state index contributed by atoms with van der Waals surface area (Å²) in [6, 6.07) is 11.7. The number of thiocarbonyl (C=S) groups is 1. The van der Waals surface area contributed by atoms with Crippen LogP contribution in [0.2, 0.25) is 0 Å². The molecule has 2 aromatic heterocycles. The van der Waals surface area contributed by atoms with Crippen LogP contribution in [0.4, 0.5) is 5.69 Å². The molecule has 0 unspecified atom stereocenters. The summed E-state index contributed by atoms with van der Waals surface area (Å²) >= 11 is 6.46. The van der Waals surface area contributed by atoms with Crippen LogP contribution in [0, 0.1) is 0 Å². The molecule has 0 aliphatic heterocycles. The monoisotopic (exact) mass is 330 g/mol. The van der Waals surface area contributed by atoms with E-state index in [0.29, 0.717) is 16.1 Å². The van der Waals surface area contributed by atoms with Crippen molar-refractivity contribution in [2.45, 2.75) is 0 Å². The fraction of sp³-hybridized carbons (Fsp3) is 0. The lowest BCUT2D eigenvalue weighted by molar-refractivity contribution is 0.0981. The minimum Gasteiger partial charge on any atom is -0.423 e.